The van der Waals surface area contributed by atoms with Crippen molar-refractivity contribution in [2.75, 3.05) is 33.4 Å². The van der Waals surface area contributed by atoms with Gasteiger partial charge in [-0.05, 0) is 48.7 Å². The first-order valence-electron chi connectivity index (χ1n) is 12.4. The number of hydrogen-bond donors (Lipinski definition) is 2. The number of H-pyrrole nitrogens is 1. The van der Waals surface area contributed by atoms with Gasteiger partial charge in [0.2, 0.25) is 0 Å². The molecule has 2 N–H and O–H groups in total. The second kappa shape index (κ2) is 9.26. The number of aromatic amines is 1. The maximum atomic E-state index is 12.3. The summed E-state index contributed by atoms with van der Waals surface area (Å²) in [5.74, 6) is 0.237. The number of ether oxygens (including phenoxy) is 2. The van der Waals surface area contributed by atoms with Gasteiger partial charge in [-0.1, -0.05) is 20.8 Å². The topological polar surface area (TPSA) is 92.9 Å². The number of aromatic nitrogens is 1. The number of esters is 1. The normalized spacial score (nSPS) is 20.1. The van der Waals surface area contributed by atoms with E-state index in [9.17, 15) is 9.59 Å². The Morgan fingerprint density at radius 1 is 1.20 bits per heavy atom. The number of nitrogens with zero attached hydrogens (tertiary/aromatic N) is 1. The molecule has 0 aliphatic carbocycles. The lowest BCUT2D eigenvalue weighted by Gasteiger charge is -2.46. The van der Waals surface area contributed by atoms with Crippen molar-refractivity contribution in [1.82, 2.24) is 15.2 Å². The summed E-state index contributed by atoms with van der Waals surface area (Å²) in [5.41, 5.74) is 3.41. The number of rotatable bonds is 4. The molecule has 1 spiro atoms. The third kappa shape index (κ3) is 4.86. The molecule has 2 aromatic rings. The lowest BCUT2D eigenvalue weighted by Crippen LogP contribution is -2.54. The summed E-state index contributed by atoms with van der Waals surface area (Å²) in [6, 6.07) is 6.25. The third-order valence-electron chi connectivity index (χ3n) is 8.23. The summed E-state index contributed by atoms with van der Waals surface area (Å²) in [6.45, 7) is 15.1. The van der Waals surface area contributed by atoms with E-state index >= 15 is 0 Å². The molecule has 1 atom stereocenters. The summed E-state index contributed by atoms with van der Waals surface area (Å²) in [7, 11) is -0.227. The zero-order valence-electron chi connectivity index (χ0n) is 22.0. The van der Waals surface area contributed by atoms with Crippen LogP contribution in [0.15, 0.2) is 18.2 Å². The number of piperidine rings is 1. The fourth-order valence-corrected chi connectivity index (χ4v) is 6.06. The summed E-state index contributed by atoms with van der Waals surface area (Å²) >= 11 is 0. The summed E-state index contributed by atoms with van der Waals surface area (Å²) in [5, 5.41) is 5.11. The van der Waals surface area contributed by atoms with Crippen LogP contribution in [0.5, 0.6) is 5.75 Å². The highest BCUT2D eigenvalue weighted by Gasteiger charge is 2.46. The van der Waals surface area contributed by atoms with Gasteiger partial charge in [0.05, 0.1) is 19.8 Å². The molecule has 8 nitrogen and oxygen atoms in total. The van der Waals surface area contributed by atoms with Crippen LogP contribution in [0, 0.1) is 0 Å². The number of carbonyl (C=O) groups excluding carboxylic acids is 2. The number of carbonyl (C=O) groups is 2. The summed E-state index contributed by atoms with van der Waals surface area (Å²) in [6.07, 6.45) is 1.02. The molecule has 0 bridgehead atoms. The van der Waals surface area contributed by atoms with Crippen molar-refractivity contribution in [2.24, 2.45) is 0 Å². The molecule has 2 aliphatic rings. The molecule has 0 radical (unpaired) electrons. The Hall–Kier alpha value is -2.36. The first kappa shape index (κ1) is 25.7. The van der Waals surface area contributed by atoms with Gasteiger partial charge >= 0.3 is 12.1 Å². The van der Waals surface area contributed by atoms with E-state index in [1.807, 2.05) is 12.1 Å². The van der Waals surface area contributed by atoms with Gasteiger partial charge in [-0.25, -0.2) is 4.79 Å². The van der Waals surface area contributed by atoms with Crippen molar-refractivity contribution in [2.45, 2.75) is 70.1 Å². The van der Waals surface area contributed by atoms with Crippen molar-refractivity contribution in [1.29, 1.82) is 0 Å². The smallest absolute Gasteiger partial charge is 0.417 e. The summed E-state index contributed by atoms with van der Waals surface area (Å²) in [4.78, 5) is 28.9. The molecule has 4 rings (SSSR count). The number of methoxy groups -OCH3 is 1. The van der Waals surface area contributed by atoms with Gasteiger partial charge in [-0.15, -0.1) is 0 Å². The van der Waals surface area contributed by atoms with Gasteiger partial charge in [-0.2, -0.15) is 0 Å². The first-order chi connectivity index (χ1) is 16.4. The van der Waals surface area contributed by atoms with Crippen LogP contribution < -0.4 is 10.1 Å². The minimum atomic E-state index is -1.91. The molecule has 1 aromatic heterocycles. The molecule has 1 unspecified atom stereocenters. The molecule has 0 saturated carbocycles. The number of benzene rings is 1. The van der Waals surface area contributed by atoms with Crippen LogP contribution in [0.3, 0.4) is 0 Å². The van der Waals surface area contributed by atoms with Crippen LogP contribution in [0.25, 0.3) is 10.9 Å². The Morgan fingerprint density at radius 3 is 2.49 bits per heavy atom. The van der Waals surface area contributed by atoms with Crippen LogP contribution in [-0.2, 0) is 19.4 Å². The minimum absolute atomic E-state index is 0.0591. The highest BCUT2D eigenvalue weighted by atomic mass is 28.4. The van der Waals surface area contributed by atoms with Crippen LogP contribution in [0.2, 0.25) is 18.1 Å². The van der Waals surface area contributed by atoms with E-state index < -0.39 is 20.4 Å². The van der Waals surface area contributed by atoms with Crippen molar-refractivity contribution in [3.05, 3.63) is 29.5 Å². The SMILES string of the molecule is COc1ccc2c3c([nH]c2c1)C(CO[Si](C)(C)C(C)(C)C)NCC31CCN(C(=O)OC(C)=O)CC1. The van der Waals surface area contributed by atoms with E-state index in [-0.39, 0.29) is 16.5 Å². The maximum Gasteiger partial charge on any atom is 0.417 e. The van der Waals surface area contributed by atoms with Gasteiger partial charge in [0.15, 0.2) is 8.32 Å². The van der Waals surface area contributed by atoms with E-state index in [1.165, 1.54) is 17.9 Å². The zero-order valence-corrected chi connectivity index (χ0v) is 23.0. The average Bonchev–Trinajstić information content (AvgIpc) is 3.18. The molecule has 1 saturated heterocycles. The predicted octanol–water partition coefficient (Wildman–Crippen LogP) is 4.86. The molecule has 192 valence electrons. The number of nitrogens with one attached hydrogen (secondary N) is 2. The van der Waals surface area contributed by atoms with E-state index in [1.54, 1.807) is 12.0 Å². The number of hydrogen-bond acceptors (Lipinski definition) is 6. The van der Waals surface area contributed by atoms with Gasteiger partial charge in [-0.3, -0.25) is 4.79 Å². The third-order valence-corrected chi connectivity index (χ3v) is 12.7. The molecule has 1 aromatic carbocycles. The molecule has 1 amide bonds. The Morgan fingerprint density at radius 2 is 1.89 bits per heavy atom. The van der Waals surface area contributed by atoms with Crippen molar-refractivity contribution in [3.63, 3.8) is 0 Å². The lowest BCUT2D eigenvalue weighted by atomic mass is 9.69. The molecule has 2 aliphatic heterocycles. The highest BCUT2D eigenvalue weighted by molar-refractivity contribution is 6.74. The van der Waals surface area contributed by atoms with E-state index in [4.69, 9.17) is 13.9 Å². The molecular formula is C26H39N3O5Si. The van der Waals surface area contributed by atoms with Gasteiger partial charge < -0.3 is 29.1 Å². The quantitative estimate of drug-likeness (QED) is 0.353. The minimum Gasteiger partial charge on any atom is -0.497 e. The van der Waals surface area contributed by atoms with E-state index in [0.717, 1.165) is 36.3 Å². The van der Waals surface area contributed by atoms with Crippen LogP contribution in [-0.4, -0.2) is 63.6 Å². The van der Waals surface area contributed by atoms with E-state index in [0.29, 0.717) is 19.7 Å². The molecule has 35 heavy (non-hydrogen) atoms. The second-order valence-corrected chi connectivity index (χ2v) is 16.3. The Kier molecular flexibility index (Phi) is 6.80. The molecule has 3 heterocycles. The van der Waals surface area contributed by atoms with Crippen molar-refractivity contribution >= 4 is 31.3 Å². The van der Waals surface area contributed by atoms with Crippen LogP contribution in [0.1, 0.15) is 57.8 Å². The first-order valence-corrected chi connectivity index (χ1v) is 15.3. The Labute approximate surface area is 208 Å². The molecule has 1 fully saturated rings. The Balaban J connectivity index is 1.66. The maximum absolute atomic E-state index is 12.3. The number of fused-ring (bicyclic) bond motifs is 4. The zero-order chi connectivity index (χ0) is 25.6. The lowest BCUT2D eigenvalue weighted by molar-refractivity contribution is -0.135. The number of likely N-dealkylation sites (tertiary alicyclic amines) is 1. The largest absolute Gasteiger partial charge is 0.497 e. The van der Waals surface area contributed by atoms with Gasteiger partial charge in [0, 0.05) is 54.6 Å². The van der Waals surface area contributed by atoms with Crippen LogP contribution >= 0.6 is 0 Å². The fourth-order valence-electron chi connectivity index (χ4n) is 5.05. The fraction of sp³-hybridized carbons (Fsp3) is 0.615. The van der Waals surface area contributed by atoms with Crippen LogP contribution in [0.4, 0.5) is 4.79 Å². The van der Waals surface area contributed by atoms with E-state index in [2.05, 4.69) is 50.2 Å². The Bertz CT molecular complexity index is 1110. The standard InChI is InChI=1S/C26H39N3O5Si/c1-17(30)34-24(31)29-12-10-26(11-13-29)16-27-21(15-33-35(6,7)25(2,3)4)23-22(26)19-9-8-18(32-5)14-20(19)28-23/h8-9,14,21,27-28H,10-13,15-16H2,1-7H3. The average molecular weight is 502 g/mol. The molecule has 9 heteroatoms. The van der Waals surface area contributed by atoms with Gasteiger partial charge in [0.1, 0.15) is 5.75 Å². The number of amides is 1. The monoisotopic (exact) mass is 501 g/mol. The second-order valence-electron chi connectivity index (χ2n) is 11.5. The van der Waals surface area contributed by atoms with Gasteiger partial charge in [0.25, 0.3) is 0 Å². The summed E-state index contributed by atoms with van der Waals surface area (Å²) < 4.78 is 16.9. The highest BCUT2D eigenvalue weighted by Crippen LogP contribution is 2.47. The van der Waals surface area contributed by atoms with Crippen molar-refractivity contribution < 1.29 is 23.5 Å². The van der Waals surface area contributed by atoms with Crippen molar-refractivity contribution in [3.8, 4) is 5.75 Å². The predicted molar refractivity (Wildman–Crippen MR) is 138 cm³/mol. The molecular weight excluding hydrogens is 462 g/mol.